The van der Waals surface area contributed by atoms with Crippen molar-refractivity contribution in [2.24, 2.45) is 5.92 Å². The molecule has 5 heteroatoms. The third-order valence-corrected chi connectivity index (χ3v) is 6.52. The van der Waals surface area contributed by atoms with Crippen LogP contribution in [0.5, 0.6) is 5.75 Å². The van der Waals surface area contributed by atoms with Crippen molar-refractivity contribution in [1.29, 1.82) is 0 Å². The lowest BCUT2D eigenvalue weighted by Crippen LogP contribution is -2.59. The molecule has 5 nitrogen and oxygen atoms in total. The van der Waals surface area contributed by atoms with Gasteiger partial charge < -0.3 is 14.5 Å². The van der Waals surface area contributed by atoms with Gasteiger partial charge in [0, 0.05) is 42.0 Å². The van der Waals surface area contributed by atoms with E-state index in [1.54, 1.807) is 0 Å². The minimum atomic E-state index is -0.261. The molecule has 26 heavy (non-hydrogen) atoms. The third-order valence-electron chi connectivity index (χ3n) is 6.52. The maximum atomic E-state index is 12.4. The van der Waals surface area contributed by atoms with Crippen molar-refractivity contribution < 1.29 is 14.3 Å². The number of benzene rings is 1. The van der Waals surface area contributed by atoms with Gasteiger partial charge >= 0.3 is 5.97 Å². The van der Waals surface area contributed by atoms with Crippen LogP contribution in [0.2, 0.25) is 0 Å². The van der Waals surface area contributed by atoms with Crippen LogP contribution < -0.4 is 4.74 Å². The van der Waals surface area contributed by atoms with Crippen molar-refractivity contribution >= 4 is 16.9 Å². The van der Waals surface area contributed by atoms with Crippen molar-refractivity contribution in [2.75, 3.05) is 19.7 Å². The monoisotopic (exact) mass is 354 g/mol. The van der Waals surface area contributed by atoms with Gasteiger partial charge in [-0.2, -0.15) is 0 Å². The fourth-order valence-corrected chi connectivity index (χ4v) is 5.43. The Morgan fingerprint density at radius 1 is 1.38 bits per heavy atom. The van der Waals surface area contributed by atoms with Crippen LogP contribution in [0, 0.1) is 12.8 Å². The van der Waals surface area contributed by atoms with Crippen LogP contribution in [0.1, 0.15) is 54.2 Å². The number of piperidine rings is 1. The maximum absolute atomic E-state index is 12.4. The SMILES string of the molecule is CCOC(=O)c1c(C)[nH]c2cc3c(cc12)OC12CCCN1CCCC2C3. The van der Waals surface area contributed by atoms with E-state index in [1.807, 2.05) is 13.8 Å². The molecule has 2 aromatic rings. The second-order valence-corrected chi connectivity index (χ2v) is 7.93. The van der Waals surface area contributed by atoms with Gasteiger partial charge in [0.1, 0.15) is 5.75 Å². The summed E-state index contributed by atoms with van der Waals surface area (Å²) in [5.41, 5.74) is 3.65. The fraction of sp³-hybridized carbons (Fsp3) is 0.571. The van der Waals surface area contributed by atoms with Crippen molar-refractivity contribution in [1.82, 2.24) is 9.88 Å². The van der Waals surface area contributed by atoms with Crippen LogP contribution in [0.25, 0.3) is 10.9 Å². The van der Waals surface area contributed by atoms with E-state index >= 15 is 0 Å². The molecule has 2 atom stereocenters. The molecular formula is C21H26N2O3. The van der Waals surface area contributed by atoms with E-state index in [-0.39, 0.29) is 11.7 Å². The van der Waals surface area contributed by atoms with Crippen molar-refractivity contribution in [3.63, 3.8) is 0 Å². The number of esters is 1. The number of nitrogens with zero attached hydrogens (tertiary/aromatic N) is 1. The number of aromatic nitrogens is 1. The minimum absolute atomic E-state index is 0.117. The molecular weight excluding hydrogens is 328 g/mol. The summed E-state index contributed by atoms with van der Waals surface area (Å²) in [4.78, 5) is 18.4. The summed E-state index contributed by atoms with van der Waals surface area (Å²) in [6.45, 7) is 6.44. The van der Waals surface area contributed by atoms with Crippen LogP contribution >= 0.6 is 0 Å². The molecule has 3 aliphatic rings. The van der Waals surface area contributed by atoms with Gasteiger partial charge in [-0.25, -0.2) is 4.79 Å². The first-order chi connectivity index (χ1) is 12.6. The average Bonchev–Trinajstić information content (AvgIpc) is 3.16. The number of aryl methyl sites for hydroxylation is 1. The fourth-order valence-electron chi connectivity index (χ4n) is 5.43. The zero-order valence-electron chi connectivity index (χ0n) is 15.6. The molecule has 2 unspecified atom stereocenters. The van der Waals surface area contributed by atoms with Crippen molar-refractivity contribution in [2.45, 2.75) is 51.7 Å². The predicted octanol–water partition coefficient (Wildman–Crippen LogP) is 3.79. The molecule has 2 saturated heterocycles. The summed E-state index contributed by atoms with van der Waals surface area (Å²) in [6.07, 6.45) is 5.90. The highest BCUT2D eigenvalue weighted by Gasteiger charge is 2.53. The molecule has 0 radical (unpaired) electrons. The number of rotatable bonds is 2. The number of hydrogen-bond donors (Lipinski definition) is 1. The number of carbonyl (C=O) groups is 1. The maximum Gasteiger partial charge on any atom is 0.340 e. The molecule has 0 bridgehead atoms. The average molecular weight is 354 g/mol. The van der Waals surface area contributed by atoms with E-state index in [2.05, 4.69) is 22.0 Å². The summed E-state index contributed by atoms with van der Waals surface area (Å²) in [5.74, 6) is 1.26. The Bertz CT molecular complexity index is 887. The minimum Gasteiger partial charge on any atom is -0.472 e. The second kappa shape index (κ2) is 5.74. The highest BCUT2D eigenvalue weighted by molar-refractivity contribution is 6.06. The molecule has 1 N–H and O–H groups in total. The molecule has 3 aliphatic heterocycles. The molecule has 0 saturated carbocycles. The smallest absolute Gasteiger partial charge is 0.340 e. The van der Waals surface area contributed by atoms with Crippen LogP contribution in [-0.4, -0.2) is 41.3 Å². The number of ether oxygens (including phenoxy) is 2. The first-order valence-corrected chi connectivity index (χ1v) is 9.89. The van der Waals surface area contributed by atoms with Gasteiger partial charge in [0.05, 0.1) is 12.2 Å². The van der Waals surface area contributed by atoms with Gasteiger partial charge in [-0.05, 0) is 57.2 Å². The standard InChI is InChI=1S/C21H26N2O3/c1-3-25-20(24)19-13(2)22-17-11-14-10-15-6-4-8-23-9-5-7-21(15,23)26-18(14)12-16(17)19/h11-12,15,22H,3-10H2,1-2H3. The van der Waals surface area contributed by atoms with Gasteiger partial charge in [0.15, 0.2) is 5.72 Å². The van der Waals surface area contributed by atoms with Crippen molar-refractivity contribution in [3.8, 4) is 5.75 Å². The van der Waals surface area contributed by atoms with E-state index < -0.39 is 0 Å². The third kappa shape index (κ3) is 2.16. The topological polar surface area (TPSA) is 54.6 Å². The number of hydrogen-bond acceptors (Lipinski definition) is 4. The van der Waals surface area contributed by atoms with Gasteiger partial charge in [-0.1, -0.05) is 0 Å². The Morgan fingerprint density at radius 3 is 3.08 bits per heavy atom. The van der Waals surface area contributed by atoms with E-state index in [4.69, 9.17) is 9.47 Å². The molecule has 0 aliphatic carbocycles. The van der Waals surface area contributed by atoms with E-state index in [9.17, 15) is 4.79 Å². The zero-order valence-corrected chi connectivity index (χ0v) is 15.6. The number of aromatic amines is 1. The Labute approximate surface area is 153 Å². The lowest BCUT2D eigenvalue weighted by atomic mass is 9.78. The Kier molecular flexibility index (Phi) is 3.58. The second-order valence-electron chi connectivity index (χ2n) is 7.93. The van der Waals surface area contributed by atoms with E-state index in [0.29, 0.717) is 18.1 Å². The number of nitrogens with one attached hydrogen (secondary N) is 1. The number of carbonyl (C=O) groups excluding carboxylic acids is 1. The largest absolute Gasteiger partial charge is 0.472 e. The molecule has 1 spiro atoms. The summed E-state index contributed by atoms with van der Waals surface area (Å²) in [5, 5.41) is 0.912. The summed E-state index contributed by atoms with van der Waals surface area (Å²) in [6, 6.07) is 4.25. The van der Waals surface area contributed by atoms with Gasteiger partial charge in [0.25, 0.3) is 0 Å². The molecule has 2 fully saturated rings. The molecule has 1 aromatic heterocycles. The van der Waals surface area contributed by atoms with Crippen LogP contribution in [0.15, 0.2) is 12.1 Å². The summed E-state index contributed by atoms with van der Waals surface area (Å²) in [7, 11) is 0. The first kappa shape index (κ1) is 16.2. The van der Waals surface area contributed by atoms with Gasteiger partial charge in [0.2, 0.25) is 0 Å². The van der Waals surface area contributed by atoms with Crippen molar-refractivity contribution in [3.05, 3.63) is 29.0 Å². The lowest BCUT2D eigenvalue weighted by molar-refractivity contribution is -0.134. The highest BCUT2D eigenvalue weighted by Crippen LogP contribution is 2.49. The Hall–Kier alpha value is -2.01. The Balaban J connectivity index is 1.62. The van der Waals surface area contributed by atoms with Gasteiger partial charge in [-0.15, -0.1) is 0 Å². The quantitative estimate of drug-likeness (QED) is 0.834. The van der Waals surface area contributed by atoms with E-state index in [1.165, 1.54) is 24.8 Å². The summed E-state index contributed by atoms with van der Waals surface area (Å²) < 4.78 is 12.0. The Morgan fingerprint density at radius 2 is 2.23 bits per heavy atom. The predicted molar refractivity (Wildman–Crippen MR) is 99.6 cm³/mol. The van der Waals surface area contributed by atoms with Crippen LogP contribution in [0.4, 0.5) is 0 Å². The van der Waals surface area contributed by atoms with Crippen LogP contribution in [-0.2, 0) is 11.2 Å². The number of H-pyrrole nitrogens is 1. The summed E-state index contributed by atoms with van der Waals surface area (Å²) >= 11 is 0. The highest BCUT2D eigenvalue weighted by atomic mass is 16.5. The lowest BCUT2D eigenvalue weighted by Gasteiger charge is -2.50. The number of fused-ring (bicyclic) bond motifs is 2. The molecule has 4 heterocycles. The molecule has 138 valence electrons. The molecule has 5 rings (SSSR count). The van der Waals surface area contributed by atoms with Crippen LogP contribution in [0.3, 0.4) is 0 Å². The normalized spacial score (nSPS) is 27.5. The molecule has 0 amide bonds. The zero-order chi connectivity index (χ0) is 17.9. The van der Waals surface area contributed by atoms with Gasteiger partial charge in [-0.3, -0.25) is 4.90 Å². The first-order valence-electron chi connectivity index (χ1n) is 9.89. The molecule has 1 aromatic carbocycles. The van der Waals surface area contributed by atoms with E-state index in [0.717, 1.165) is 48.3 Å².